The quantitative estimate of drug-likeness (QED) is 0.660. The molecule has 0 radical (unpaired) electrons. The van der Waals surface area contributed by atoms with Crippen molar-refractivity contribution in [1.82, 2.24) is 14.5 Å². The third kappa shape index (κ3) is 3.93. The number of fused-ring (bicyclic) bond motifs is 1. The largest absolute Gasteiger partial charge is 0.433 e. The Morgan fingerprint density at radius 2 is 1.93 bits per heavy atom. The molecular formula is C19H16F4N4O2. The minimum Gasteiger partial charge on any atom is -0.381 e. The van der Waals surface area contributed by atoms with Crippen molar-refractivity contribution in [3.63, 3.8) is 0 Å². The molecule has 1 aliphatic heterocycles. The fraction of sp³-hybridized carbons (Fsp3) is 0.316. The van der Waals surface area contributed by atoms with Gasteiger partial charge < -0.3 is 9.30 Å². The zero-order chi connectivity index (χ0) is 20.6. The number of hydrogen-bond acceptors (Lipinski definition) is 4. The zero-order valence-electron chi connectivity index (χ0n) is 15.0. The van der Waals surface area contributed by atoms with Crippen LogP contribution < -0.4 is 5.32 Å². The number of alkyl halides is 3. The molecule has 1 aromatic carbocycles. The first-order chi connectivity index (χ1) is 13.8. The van der Waals surface area contributed by atoms with E-state index >= 15 is 0 Å². The van der Waals surface area contributed by atoms with E-state index in [-0.39, 0.29) is 17.6 Å². The lowest BCUT2D eigenvalue weighted by atomic mass is 10.1. The van der Waals surface area contributed by atoms with Gasteiger partial charge in [0.2, 0.25) is 5.95 Å². The number of nitrogens with one attached hydrogen (secondary N) is 1. The minimum atomic E-state index is -4.59. The molecule has 1 aliphatic rings. The fourth-order valence-corrected chi connectivity index (χ4v) is 3.34. The van der Waals surface area contributed by atoms with Crippen LogP contribution in [0, 0.1) is 5.82 Å². The van der Waals surface area contributed by atoms with Gasteiger partial charge >= 0.3 is 6.18 Å². The van der Waals surface area contributed by atoms with E-state index in [0.717, 1.165) is 18.3 Å². The molecule has 0 atom stereocenters. The van der Waals surface area contributed by atoms with E-state index in [2.05, 4.69) is 15.3 Å². The van der Waals surface area contributed by atoms with E-state index in [1.165, 1.54) is 12.1 Å². The molecule has 0 bridgehead atoms. The zero-order valence-corrected chi connectivity index (χ0v) is 15.0. The maximum absolute atomic E-state index is 13.6. The number of carbonyl (C=O) groups is 1. The van der Waals surface area contributed by atoms with Crippen molar-refractivity contribution >= 4 is 22.9 Å². The van der Waals surface area contributed by atoms with Crippen LogP contribution in [-0.4, -0.2) is 33.7 Å². The van der Waals surface area contributed by atoms with Gasteiger partial charge in [-0.25, -0.2) is 9.37 Å². The summed E-state index contributed by atoms with van der Waals surface area (Å²) < 4.78 is 58.8. The van der Waals surface area contributed by atoms with Crippen molar-refractivity contribution in [2.45, 2.75) is 25.1 Å². The van der Waals surface area contributed by atoms with Crippen molar-refractivity contribution in [3.8, 4) is 0 Å². The number of amides is 1. The van der Waals surface area contributed by atoms with Gasteiger partial charge in [0, 0.05) is 31.5 Å². The number of anilines is 1. The van der Waals surface area contributed by atoms with Crippen LogP contribution in [0.4, 0.5) is 23.5 Å². The Hall–Kier alpha value is -3.01. The van der Waals surface area contributed by atoms with E-state index in [4.69, 9.17) is 4.74 Å². The summed E-state index contributed by atoms with van der Waals surface area (Å²) in [5, 5.41) is 2.62. The number of carbonyl (C=O) groups excluding carboxylic acids is 1. The van der Waals surface area contributed by atoms with Crippen molar-refractivity contribution in [2.75, 3.05) is 18.5 Å². The van der Waals surface area contributed by atoms with Gasteiger partial charge in [0.05, 0.1) is 16.6 Å². The SMILES string of the molecule is O=C(Nc1nc2cc(F)ccc2n1C1CCOCC1)c1ccc(C(F)(F)F)nc1. The van der Waals surface area contributed by atoms with Crippen LogP contribution >= 0.6 is 0 Å². The summed E-state index contributed by atoms with van der Waals surface area (Å²) in [5.74, 6) is -0.920. The summed E-state index contributed by atoms with van der Waals surface area (Å²) in [4.78, 5) is 20.2. The maximum Gasteiger partial charge on any atom is 0.433 e. The van der Waals surface area contributed by atoms with Gasteiger partial charge in [0.1, 0.15) is 11.5 Å². The molecule has 0 spiro atoms. The molecule has 1 fully saturated rings. The van der Waals surface area contributed by atoms with Crippen LogP contribution in [0.25, 0.3) is 11.0 Å². The topological polar surface area (TPSA) is 69.0 Å². The second-order valence-corrected chi connectivity index (χ2v) is 6.67. The second kappa shape index (κ2) is 7.43. The van der Waals surface area contributed by atoms with Gasteiger partial charge in [-0.2, -0.15) is 13.2 Å². The van der Waals surface area contributed by atoms with Crippen molar-refractivity contribution in [1.29, 1.82) is 0 Å². The number of aromatic nitrogens is 3. The summed E-state index contributed by atoms with van der Waals surface area (Å²) in [6.45, 7) is 1.09. The summed E-state index contributed by atoms with van der Waals surface area (Å²) in [6, 6.07) is 5.94. The Morgan fingerprint density at radius 3 is 2.59 bits per heavy atom. The molecule has 3 aromatic rings. The number of halogens is 4. The third-order valence-electron chi connectivity index (χ3n) is 4.75. The molecule has 0 saturated carbocycles. The molecule has 0 aliphatic carbocycles. The highest BCUT2D eigenvalue weighted by atomic mass is 19.4. The van der Waals surface area contributed by atoms with Crippen molar-refractivity contribution in [3.05, 3.63) is 53.6 Å². The van der Waals surface area contributed by atoms with E-state index in [0.29, 0.717) is 37.1 Å². The first-order valence-electron chi connectivity index (χ1n) is 8.93. The van der Waals surface area contributed by atoms with Crippen LogP contribution in [-0.2, 0) is 10.9 Å². The average Bonchev–Trinajstić information content (AvgIpc) is 3.04. The van der Waals surface area contributed by atoms with Gasteiger partial charge in [-0.05, 0) is 37.1 Å². The normalized spacial score (nSPS) is 15.6. The molecule has 10 heteroatoms. The van der Waals surface area contributed by atoms with Crippen LogP contribution in [0.1, 0.15) is 34.9 Å². The number of nitrogens with zero attached hydrogens (tertiary/aromatic N) is 3. The lowest BCUT2D eigenvalue weighted by Gasteiger charge is -2.25. The molecule has 1 amide bonds. The predicted octanol–water partition coefficient (Wildman–Crippen LogP) is 4.19. The maximum atomic E-state index is 13.6. The Labute approximate surface area is 162 Å². The molecular weight excluding hydrogens is 392 g/mol. The standard InChI is InChI=1S/C19H16F4N4O2/c20-12-2-3-15-14(9-12)25-18(27(15)13-5-7-29-8-6-13)26-17(28)11-1-4-16(24-10-11)19(21,22)23/h1-4,9-10,13H,5-8H2,(H,25,26,28). The van der Waals surface area contributed by atoms with Crippen LogP contribution in [0.15, 0.2) is 36.5 Å². The number of hydrogen-bond donors (Lipinski definition) is 1. The van der Waals surface area contributed by atoms with Gasteiger partial charge in [-0.1, -0.05) is 0 Å². The Kier molecular flexibility index (Phi) is 4.95. The second-order valence-electron chi connectivity index (χ2n) is 6.67. The van der Waals surface area contributed by atoms with Crippen LogP contribution in [0.3, 0.4) is 0 Å². The molecule has 29 heavy (non-hydrogen) atoms. The third-order valence-corrected chi connectivity index (χ3v) is 4.75. The smallest absolute Gasteiger partial charge is 0.381 e. The van der Waals surface area contributed by atoms with Gasteiger partial charge in [0.25, 0.3) is 5.91 Å². The van der Waals surface area contributed by atoms with Gasteiger partial charge in [-0.3, -0.25) is 15.1 Å². The highest BCUT2D eigenvalue weighted by Crippen LogP contribution is 2.31. The highest BCUT2D eigenvalue weighted by Gasteiger charge is 2.32. The number of pyridine rings is 1. The highest BCUT2D eigenvalue weighted by molar-refractivity contribution is 6.04. The van der Waals surface area contributed by atoms with Crippen molar-refractivity contribution in [2.24, 2.45) is 0 Å². The Morgan fingerprint density at radius 1 is 1.17 bits per heavy atom. The first-order valence-corrected chi connectivity index (χ1v) is 8.93. The molecule has 152 valence electrons. The van der Waals surface area contributed by atoms with Crippen molar-refractivity contribution < 1.29 is 27.1 Å². The molecule has 0 unspecified atom stereocenters. The number of imidazole rings is 1. The molecule has 1 saturated heterocycles. The van der Waals surface area contributed by atoms with E-state index in [9.17, 15) is 22.4 Å². The van der Waals surface area contributed by atoms with E-state index < -0.39 is 23.6 Å². The molecule has 4 rings (SSSR count). The predicted molar refractivity (Wildman–Crippen MR) is 96.0 cm³/mol. The summed E-state index contributed by atoms with van der Waals surface area (Å²) >= 11 is 0. The van der Waals surface area contributed by atoms with E-state index in [1.54, 1.807) is 6.07 Å². The van der Waals surface area contributed by atoms with Crippen LogP contribution in [0.5, 0.6) is 0 Å². The number of rotatable bonds is 3. The molecule has 2 aromatic heterocycles. The lowest BCUT2D eigenvalue weighted by molar-refractivity contribution is -0.141. The van der Waals surface area contributed by atoms with E-state index in [1.807, 2.05) is 4.57 Å². The Balaban J connectivity index is 1.67. The molecule has 3 heterocycles. The Bertz CT molecular complexity index is 1040. The molecule has 6 nitrogen and oxygen atoms in total. The average molecular weight is 408 g/mol. The number of ether oxygens (including phenoxy) is 1. The fourth-order valence-electron chi connectivity index (χ4n) is 3.34. The monoisotopic (exact) mass is 408 g/mol. The first kappa shape index (κ1) is 19.3. The lowest BCUT2D eigenvalue weighted by Crippen LogP contribution is -2.23. The summed E-state index contributed by atoms with van der Waals surface area (Å²) in [6.07, 6.45) is -2.35. The van der Waals surface area contributed by atoms with Gasteiger partial charge in [0.15, 0.2) is 0 Å². The van der Waals surface area contributed by atoms with Crippen LogP contribution in [0.2, 0.25) is 0 Å². The number of benzene rings is 1. The minimum absolute atomic E-state index is 0.0137. The summed E-state index contributed by atoms with van der Waals surface area (Å²) in [5.41, 5.74) is -0.106. The summed E-state index contributed by atoms with van der Waals surface area (Å²) in [7, 11) is 0. The van der Waals surface area contributed by atoms with Gasteiger partial charge in [-0.15, -0.1) is 0 Å². The molecule has 1 N–H and O–H groups in total.